The molecule has 0 saturated heterocycles. The van der Waals surface area contributed by atoms with Gasteiger partial charge in [-0.1, -0.05) is 57.0 Å². The molecule has 2 nitrogen and oxygen atoms in total. The fraction of sp³-hybridized carbons (Fsp3) is 0.667. The average molecular weight is 274 g/mol. The minimum Gasteiger partial charge on any atom is -0.323 e. The predicted octanol–water partition coefficient (Wildman–Crippen LogP) is 3.83. The van der Waals surface area contributed by atoms with Gasteiger partial charge in [0.05, 0.1) is 0 Å². The van der Waals surface area contributed by atoms with E-state index in [4.69, 9.17) is 5.73 Å². The summed E-state index contributed by atoms with van der Waals surface area (Å²) in [6.45, 7) is 6.86. The molecule has 1 atom stereocenters. The lowest BCUT2D eigenvalue weighted by Crippen LogP contribution is -2.40. The monoisotopic (exact) mass is 274 g/mol. The van der Waals surface area contributed by atoms with E-state index in [1.165, 1.54) is 37.8 Å². The van der Waals surface area contributed by atoms with Gasteiger partial charge in [0.1, 0.15) is 0 Å². The van der Waals surface area contributed by atoms with Gasteiger partial charge in [0.25, 0.3) is 0 Å². The lowest BCUT2D eigenvalue weighted by atomic mass is 9.80. The van der Waals surface area contributed by atoms with Gasteiger partial charge in [0.15, 0.2) is 0 Å². The van der Waals surface area contributed by atoms with Crippen molar-refractivity contribution in [1.82, 2.24) is 4.90 Å². The number of hydrogen-bond acceptors (Lipinski definition) is 2. The Bertz CT molecular complexity index is 393. The maximum atomic E-state index is 6.50. The molecule has 0 bridgehead atoms. The Labute approximate surface area is 124 Å². The molecule has 1 unspecified atom stereocenters. The van der Waals surface area contributed by atoms with Crippen LogP contribution in [0.2, 0.25) is 0 Å². The summed E-state index contributed by atoms with van der Waals surface area (Å²) in [5, 5.41) is 0. The van der Waals surface area contributed by atoms with Crippen LogP contribution in [0.3, 0.4) is 0 Å². The van der Waals surface area contributed by atoms with E-state index in [1.807, 2.05) is 0 Å². The van der Waals surface area contributed by atoms with E-state index >= 15 is 0 Å². The summed E-state index contributed by atoms with van der Waals surface area (Å²) in [4.78, 5) is 2.48. The van der Waals surface area contributed by atoms with Crippen LogP contribution in [0.1, 0.15) is 51.1 Å². The zero-order valence-electron chi connectivity index (χ0n) is 13.3. The fourth-order valence-electron chi connectivity index (χ4n) is 3.60. The SMILES string of the molecule is CN(CC1CCCC1)CC(C)(C)C(N)c1ccccc1. The van der Waals surface area contributed by atoms with Gasteiger partial charge in [-0.3, -0.25) is 0 Å². The van der Waals surface area contributed by atoms with Crippen LogP contribution in [0, 0.1) is 11.3 Å². The molecule has 0 amide bonds. The molecule has 1 saturated carbocycles. The molecule has 2 rings (SSSR count). The zero-order valence-corrected chi connectivity index (χ0v) is 13.3. The highest BCUT2D eigenvalue weighted by Crippen LogP contribution is 2.33. The van der Waals surface area contributed by atoms with E-state index in [2.05, 4.69) is 56.1 Å². The lowest BCUT2D eigenvalue weighted by molar-refractivity contribution is 0.160. The molecule has 0 aromatic heterocycles. The molecule has 1 aromatic carbocycles. The second kappa shape index (κ2) is 6.73. The number of hydrogen-bond donors (Lipinski definition) is 1. The molecular formula is C18H30N2. The molecule has 0 spiro atoms. The van der Waals surface area contributed by atoms with Gasteiger partial charge in [-0.15, -0.1) is 0 Å². The van der Waals surface area contributed by atoms with Crippen LogP contribution >= 0.6 is 0 Å². The lowest BCUT2D eigenvalue weighted by Gasteiger charge is -2.36. The highest BCUT2D eigenvalue weighted by molar-refractivity contribution is 5.20. The number of nitrogens with two attached hydrogens (primary N) is 1. The van der Waals surface area contributed by atoms with Crippen molar-refractivity contribution >= 4 is 0 Å². The van der Waals surface area contributed by atoms with Crippen molar-refractivity contribution < 1.29 is 0 Å². The Kier molecular flexibility index (Phi) is 5.22. The Morgan fingerprint density at radius 1 is 1.20 bits per heavy atom. The Morgan fingerprint density at radius 3 is 2.40 bits per heavy atom. The van der Waals surface area contributed by atoms with Crippen molar-refractivity contribution in [1.29, 1.82) is 0 Å². The molecule has 1 aromatic rings. The van der Waals surface area contributed by atoms with Crippen molar-refractivity contribution in [3.63, 3.8) is 0 Å². The topological polar surface area (TPSA) is 29.3 Å². The minimum absolute atomic E-state index is 0.0920. The van der Waals surface area contributed by atoms with Gasteiger partial charge >= 0.3 is 0 Å². The van der Waals surface area contributed by atoms with E-state index in [0.29, 0.717) is 0 Å². The van der Waals surface area contributed by atoms with Crippen LogP contribution in [0.25, 0.3) is 0 Å². The summed E-state index contributed by atoms with van der Waals surface area (Å²) < 4.78 is 0. The summed E-state index contributed by atoms with van der Waals surface area (Å²) in [7, 11) is 2.25. The normalized spacial score (nSPS) is 18.6. The fourth-order valence-corrected chi connectivity index (χ4v) is 3.60. The number of rotatable bonds is 6. The molecule has 112 valence electrons. The largest absolute Gasteiger partial charge is 0.323 e. The summed E-state index contributed by atoms with van der Waals surface area (Å²) >= 11 is 0. The summed E-state index contributed by atoms with van der Waals surface area (Å²) in [5.41, 5.74) is 7.84. The van der Waals surface area contributed by atoms with Gasteiger partial charge in [-0.25, -0.2) is 0 Å². The summed E-state index contributed by atoms with van der Waals surface area (Å²) in [5.74, 6) is 0.906. The second-order valence-electron chi connectivity index (χ2n) is 7.22. The first-order valence-corrected chi connectivity index (χ1v) is 7.98. The molecule has 1 aliphatic carbocycles. The third-order valence-corrected chi connectivity index (χ3v) is 4.72. The predicted molar refractivity (Wildman–Crippen MR) is 86.6 cm³/mol. The molecule has 2 heteroatoms. The van der Waals surface area contributed by atoms with Crippen LogP contribution in [0.4, 0.5) is 0 Å². The van der Waals surface area contributed by atoms with Crippen LogP contribution in [0.5, 0.6) is 0 Å². The maximum absolute atomic E-state index is 6.50. The van der Waals surface area contributed by atoms with Gasteiger partial charge in [-0.2, -0.15) is 0 Å². The van der Waals surface area contributed by atoms with Crippen molar-refractivity contribution in [2.24, 2.45) is 17.1 Å². The van der Waals surface area contributed by atoms with E-state index in [0.717, 1.165) is 12.5 Å². The molecule has 0 radical (unpaired) electrons. The standard InChI is InChI=1S/C18H30N2/c1-18(2,17(19)16-11-5-4-6-12-16)14-20(3)13-15-9-7-8-10-15/h4-6,11-12,15,17H,7-10,13-14,19H2,1-3H3. The van der Waals surface area contributed by atoms with Gasteiger partial charge in [0.2, 0.25) is 0 Å². The Morgan fingerprint density at radius 2 is 1.80 bits per heavy atom. The van der Waals surface area contributed by atoms with E-state index in [9.17, 15) is 0 Å². The first-order valence-electron chi connectivity index (χ1n) is 7.98. The molecule has 1 fully saturated rings. The van der Waals surface area contributed by atoms with Gasteiger partial charge < -0.3 is 10.6 Å². The molecule has 0 aliphatic heterocycles. The van der Waals surface area contributed by atoms with Crippen LogP contribution in [-0.2, 0) is 0 Å². The van der Waals surface area contributed by atoms with Crippen molar-refractivity contribution in [2.45, 2.75) is 45.6 Å². The first-order chi connectivity index (χ1) is 9.49. The summed E-state index contributed by atoms with van der Waals surface area (Å²) in [6, 6.07) is 10.6. The molecule has 20 heavy (non-hydrogen) atoms. The second-order valence-corrected chi connectivity index (χ2v) is 7.22. The summed E-state index contributed by atoms with van der Waals surface area (Å²) in [6.07, 6.45) is 5.67. The first kappa shape index (κ1) is 15.5. The molecule has 1 aliphatic rings. The van der Waals surface area contributed by atoms with Crippen molar-refractivity contribution in [3.05, 3.63) is 35.9 Å². The zero-order chi connectivity index (χ0) is 14.6. The third kappa shape index (κ3) is 4.07. The number of benzene rings is 1. The third-order valence-electron chi connectivity index (χ3n) is 4.72. The van der Waals surface area contributed by atoms with E-state index in [-0.39, 0.29) is 11.5 Å². The van der Waals surface area contributed by atoms with E-state index in [1.54, 1.807) is 0 Å². The smallest absolute Gasteiger partial charge is 0.0359 e. The van der Waals surface area contributed by atoms with E-state index < -0.39 is 0 Å². The highest BCUT2D eigenvalue weighted by Gasteiger charge is 2.30. The maximum Gasteiger partial charge on any atom is 0.0359 e. The quantitative estimate of drug-likeness (QED) is 0.854. The van der Waals surface area contributed by atoms with Crippen LogP contribution in [0.15, 0.2) is 30.3 Å². The van der Waals surface area contributed by atoms with Crippen LogP contribution in [-0.4, -0.2) is 25.0 Å². The highest BCUT2D eigenvalue weighted by atomic mass is 15.1. The molecular weight excluding hydrogens is 244 g/mol. The molecule has 0 heterocycles. The average Bonchev–Trinajstić information content (AvgIpc) is 2.91. The van der Waals surface area contributed by atoms with Crippen LogP contribution < -0.4 is 5.73 Å². The Hall–Kier alpha value is -0.860. The van der Waals surface area contributed by atoms with Gasteiger partial charge in [-0.05, 0) is 36.8 Å². The Balaban J connectivity index is 1.91. The molecule has 2 N–H and O–H groups in total. The van der Waals surface area contributed by atoms with Gasteiger partial charge in [0, 0.05) is 19.1 Å². The van der Waals surface area contributed by atoms with Crippen molar-refractivity contribution in [3.8, 4) is 0 Å². The number of nitrogens with zero attached hydrogens (tertiary/aromatic N) is 1. The minimum atomic E-state index is 0.0920. The van der Waals surface area contributed by atoms with Crippen molar-refractivity contribution in [2.75, 3.05) is 20.1 Å².